The lowest BCUT2D eigenvalue weighted by Crippen LogP contribution is -2.16. The zero-order valence-electron chi connectivity index (χ0n) is 38.9. The highest BCUT2D eigenvalue weighted by Crippen LogP contribution is 2.45. The average Bonchev–Trinajstić information content (AvgIpc) is 3.85. The Bertz CT molecular complexity index is 3330. The van der Waals surface area contributed by atoms with Gasteiger partial charge in [0, 0.05) is 47.3 Å². The molecule has 2 aromatic heterocycles. The van der Waals surface area contributed by atoms with Crippen molar-refractivity contribution in [2.24, 2.45) is 0 Å². The van der Waals surface area contributed by atoms with Crippen LogP contribution in [0.25, 0.3) is 49.9 Å². The van der Waals surface area contributed by atoms with Gasteiger partial charge in [-0.15, -0.1) is 0 Å². The van der Waals surface area contributed by atoms with Gasteiger partial charge in [0.25, 0.3) is 5.69 Å². The number of ether oxygens (including phenoxy) is 1. The molecule has 0 bridgehead atoms. The zero-order valence-corrected chi connectivity index (χ0v) is 38.9. The largest absolute Gasteiger partial charge is 0.503 e. The summed E-state index contributed by atoms with van der Waals surface area (Å²) in [4.78, 5) is 4.95. The maximum absolute atomic E-state index is 6.83. The molecule has 65 heavy (non-hydrogen) atoms. The maximum Gasteiger partial charge on any atom is 0.503 e. The Balaban J connectivity index is 1.08. The molecule has 0 fully saturated rings. The van der Waals surface area contributed by atoms with Crippen molar-refractivity contribution in [1.29, 1.82) is 0 Å². The molecule has 1 aliphatic rings. The Morgan fingerprint density at radius 2 is 1.12 bits per heavy atom. The van der Waals surface area contributed by atoms with Gasteiger partial charge in [-0.05, 0) is 107 Å². The summed E-state index contributed by atoms with van der Waals surface area (Å²) in [6.45, 7) is 20.5. The third-order valence-corrected chi connectivity index (χ3v) is 12.7. The number of rotatable bonds is 7. The van der Waals surface area contributed by atoms with E-state index in [2.05, 4.69) is 246 Å². The van der Waals surface area contributed by atoms with E-state index in [1.165, 1.54) is 38.8 Å². The van der Waals surface area contributed by atoms with Crippen molar-refractivity contribution in [3.8, 4) is 39.6 Å². The topological polar surface area (TPSA) is 33.1 Å². The predicted octanol–water partition coefficient (Wildman–Crippen LogP) is 16.1. The number of fused-ring (bicyclic) bond motifs is 4. The number of pyridine rings is 1. The van der Waals surface area contributed by atoms with E-state index < -0.39 is 0 Å². The number of benzene rings is 7. The monoisotopic (exact) mass is 848 g/mol. The van der Waals surface area contributed by atoms with E-state index in [-0.39, 0.29) is 16.2 Å². The molecule has 3 heterocycles. The van der Waals surface area contributed by atoms with Crippen LogP contribution in [0, 0.1) is 0 Å². The fourth-order valence-electron chi connectivity index (χ4n) is 8.94. The molecule has 0 unspecified atom stereocenters. The van der Waals surface area contributed by atoms with Crippen LogP contribution >= 0.6 is 0 Å². The zero-order chi connectivity index (χ0) is 45.3. The quantitative estimate of drug-likeness (QED) is 0.150. The number of nitrogens with zero attached hydrogens (tertiary/aromatic N) is 4. The second kappa shape index (κ2) is 15.7. The highest BCUT2D eigenvalue weighted by molar-refractivity contribution is 6.10. The molecule has 7 aromatic carbocycles. The summed E-state index contributed by atoms with van der Waals surface area (Å²) in [7, 11) is 0. The molecule has 10 rings (SSSR count). The fourth-order valence-corrected chi connectivity index (χ4v) is 8.94. The second-order valence-corrected chi connectivity index (χ2v) is 20.4. The van der Waals surface area contributed by atoms with E-state index >= 15 is 0 Å². The van der Waals surface area contributed by atoms with Crippen LogP contribution in [0.1, 0.15) is 79.0 Å². The van der Waals surface area contributed by atoms with Crippen molar-refractivity contribution < 1.29 is 4.74 Å². The SMILES string of the molecule is CC(C)(C)c1cc(-c2cccc3c2[N+](c2ccccc2)=C=[N+]3c2cccc(Oc3ccc4c5cc(-c6ccccc6)ccc5n(-c5cc(C(C)(C)C)ccn5)c4c3)c2)cc(C(C)(C)C)c1. The van der Waals surface area contributed by atoms with E-state index in [0.29, 0.717) is 0 Å². The van der Waals surface area contributed by atoms with Gasteiger partial charge in [-0.3, -0.25) is 4.57 Å². The minimum absolute atomic E-state index is 0.0149. The van der Waals surface area contributed by atoms with Gasteiger partial charge >= 0.3 is 11.7 Å². The smallest absolute Gasteiger partial charge is 0.457 e. The number of aromatic nitrogens is 2. The van der Waals surface area contributed by atoms with E-state index in [9.17, 15) is 0 Å². The van der Waals surface area contributed by atoms with Crippen LogP contribution in [0.15, 0.2) is 176 Å². The summed E-state index contributed by atoms with van der Waals surface area (Å²) >= 11 is 0. The van der Waals surface area contributed by atoms with Gasteiger partial charge < -0.3 is 4.74 Å². The Morgan fingerprint density at radius 3 is 1.83 bits per heavy atom. The minimum Gasteiger partial charge on any atom is -0.457 e. The third-order valence-electron chi connectivity index (χ3n) is 12.7. The van der Waals surface area contributed by atoms with Crippen LogP contribution in [0.3, 0.4) is 0 Å². The molecule has 0 saturated heterocycles. The van der Waals surface area contributed by atoms with Crippen molar-refractivity contribution >= 4 is 50.6 Å². The number of hydrogen-bond donors (Lipinski definition) is 0. The van der Waals surface area contributed by atoms with Crippen LogP contribution in [0.2, 0.25) is 0 Å². The van der Waals surface area contributed by atoms with Crippen LogP contribution in [-0.4, -0.2) is 15.6 Å². The predicted molar refractivity (Wildman–Crippen MR) is 273 cm³/mol. The molecular weight excluding hydrogens is 793 g/mol. The molecule has 1 aliphatic heterocycles. The number of hydrogen-bond acceptors (Lipinski definition) is 2. The fraction of sp³-hybridized carbons (Fsp3) is 0.200. The van der Waals surface area contributed by atoms with Crippen LogP contribution in [-0.2, 0) is 16.2 Å². The summed E-state index contributed by atoms with van der Waals surface area (Å²) in [5.74, 6) is 2.35. The summed E-state index contributed by atoms with van der Waals surface area (Å²) in [5.41, 5.74) is 14.8. The highest BCUT2D eigenvalue weighted by Gasteiger charge is 2.40. The standard InChI is InChI=1S/C60H56N4O/c1-58(2,3)43-30-31-61-56(36-43)64-53-29-26-41(40-18-12-10-13-19-40)34-52(53)51-28-27-49(38-55(51)64)65-48-23-16-22-47(37-48)62-39-63(46-20-14-11-15-21-46)57-50(24-17-25-54(57)62)42-32-44(59(4,5)6)35-45(33-42)60(7,8)9/h10-38H,1-9H3/q+2. The van der Waals surface area contributed by atoms with Gasteiger partial charge in [0.2, 0.25) is 11.4 Å². The Morgan fingerprint density at radius 1 is 0.462 bits per heavy atom. The van der Waals surface area contributed by atoms with E-state index in [1.807, 2.05) is 12.3 Å². The first kappa shape index (κ1) is 41.7. The van der Waals surface area contributed by atoms with Crippen molar-refractivity contribution in [1.82, 2.24) is 18.7 Å². The van der Waals surface area contributed by atoms with Gasteiger partial charge in [-0.1, -0.05) is 147 Å². The molecule has 320 valence electrons. The lowest BCUT2D eigenvalue weighted by molar-refractivity contribution is 0.483. The highest BCUT2D eigenvalue weighted by atomic mass is 16.5. The lowest BCUT2D eigenvalue weighted by Gasteiger charge is -2.26. The Labute approximate surface area is 383 Å². The average molecular weight is 849 g/mol. The summed E-state index contributed by atoms with van der Waals surface area (Å²) in [5, 5.41) is 2.30. The first-order valence-corrected chi connectivity index (χ1v) is 22.7. The Kier molecular flexibility index (Phi) is 10.1. The molecule has 0 amide bonds. The summed E-state index contributed by atoms with van der Waals surface area (Å²) in [6.07, 6.45) is 1.93. The van der Waals surface area contributed by atoms with Crippen molar-refractivity contribution in [2.75, 3.05) is 0 Å². The molecule has 0 radical (unpaired) electrons. The van der Waals surface area contributed by atoms with Gasteiger partial charge in [-0.25, -0.2) is 4.98 Å². The van der Waals surface area contributed by atoms with Gasteiger partial charge in [0.1, 0.15) is 17.3 Å². The van der Waals surface area contributed by atoms with Gasteiger partial charge in [0.15, 0.2) is 0 Å². The van der Waals surface area contributed by atoms with Crippen molar-refractivity contribution in [3.63, 3.8) is 0 Å². The van der Waals surface area contributed by atoms with Gasteiger partial charge in [0.05, 0.1) is 22.7 Å². The van der Waals surface area contributed by atoms with Crippen LogP contribution in [0.5, 0.6) is 11.5 Å². The molecule has 5 heteroatoms. The lowest BCUT2D eigenvalue weighted by atomic mass is 9.78. The molecule has 0 atom stereocenters. The molecule has 0 aliphatic carbocycles. The first-order chi connectivity index (χ1) is 31.1. The molecule has 9 aromatic rings. The van der Waals surface area contributed by atoms with Crippen LogP contribution in [0.4, 0.5) is 22.7 Å². The molecule has 5 nitrogen and oxygen atoms in total. The van der Waals surface area contributed by atoms with E-state index in [4.69, 9.17) is 9.72 Å². The minimum atomic E-state index is -0.0340. The molecule has 0 spiro atoms. The van der Waals surface area contributed by atoms with Crippen molar-refractivity contribution in [2.45, 2.75) is 78.6 Å². The molecule has 0 saturated carbocycles. The molecular formula is C60H56N4O+2. The van der Waals surface area contributed by atoms with Crippen LogP contribution < -0.4 is 13.9 Å². The molecule has 0 N–H and O–H groups in total. The second-order valence-electron chi connectivity index (χ2n) is 20.4. The summed E-state index contributed by atoms with van der Waals surface area (Å²) in [6, 6.07) is 64.4. The first-order valence-electron chi connectivity index (χ1n) is 22.7. The van der Waals surface area contributed by atoms with E-state index in [1.54, 1.807) is 0 Å². The maximum atomic E-state index is 6.83. The number of para-hydroxylation sites is 2. The Hall–Kier alpha value is -7.33. The van der Waals surface area contributed by atoms with E-state index in [0.717, 1.165) is 62.0 Å². The van der Waals surface area contributed by atoms with Crippen molar-refractivity contribution in [3.05, 3.63) is 193 Å². The van der Waals surface area contributed by atoms with Gasteiger partial charge in [-0.2, -0.15) is 0 Å². The third kappa shape index (κ3) is 7.87. The normalized spacial score (nSPS) is 12.9. The summed E-state index contributed by atoms with van der Waals surface area (Å²) < 4.78 is 13.5.